The van der Waals surface area contributed by atoms with E-state index >= 15 is 0 Å². The van der Waals surface area contributed by atoms with Gasteiger partial charge in [-0.2, -0.15) is 0 Å². The Balaban J connectivity index is 1.69. The Kier molecular flexibility index (Phi) is 7.87. The average molecular weight is 494 g/mol. The average Bonchev–Trinajstić information content (AvgIpc) is 3.57. The molecule has 4 rings (SSSR count). The highest BCUT2D eigenvalue weighted by Gasteiger charge is 2.35. The summed E-state index contributed by atoms with van der Waals surface area (Å²) in [5.41, 5.74) is 2.04. The lowest BCUT2D eigenvalue weighted by atomic mass is 10.0. The lowest BCUT2D eigenvalue weighted by molar-refractivity contribution is -0.126. The van der Waals surface area contributed by atoms with Crippen LogP contribution in [0.2, 0.25) is 5.02 Å². The number of furan rings is 1. The van der Waals surface area contributed by atoms with E-state index in [4.69, 9.17) is 16.0 Å². The Hall–Kier alpha value is -3.58. The fourth-order valence-electron chi connectivity index (χ4n) is 4.40. The second kappa shape index (κ2) is 11.2. The molecule has 0 bridgehead atoms. The van der Waals surface area contributed by atoms with Crippen molar-refractivity contribution in [3.05, 3.63) is 88.8 Å². The van der Waals surface area contributed by atoms with Gasteiger partial charge in [0, 0.05) is 16.8 Å². The van der Waals surface area contributed by atoms with Crippen LogP contribution in [0.25, 0.3) is 0 Å². The minimum absolute atomic E-state index is 0.0739. The summed E-state index contributed by atoms with van der Waals surface area (Å²) in [7, 11) is 0. The molecule has 2 aromatic carbocycles. The first kappa shape index (κ1) is 24.5. The summed E-state index contributed by atoms with van der Waals surface area (Å²) < 4.78 is 5.12. The van der Waals surface area contributed by atoms with Gasteiger partial charge in [-0.3, -0.25) is 19.3 Å². The zero-order valence-corrected chi connectivity index (χ0v) is 20.3. The predicted octanol–water partition coefficient (Wildman–Crippen LogP) is 4.80. The Labute approximate surface area is 209 Å². The Morgan fingerprint density at radius 2 is 1.74 bits per heavy atom. The molecule has 8 heteroatoms. The molecule has 0 spiro atoms. The number of hydrogen-bond donors (Lipinski definition) is 2. The SMILES string of the molecule is Cc1ccccc1N(C(=O)CNC(=O)c1ccco1)[C@H](C(=O)NC1CCCC1)c1ccc(Cl)cc1. The molecular formula is C27H28ClN3O4. The number of nitrogens with zero attached hydrogens (tertiary/aromatic N) is 1. The van der Waals surface area contributed by atoms with Gasteiger partial charge in [-0.05, 0) is 61.2 Å². The molecule has 0 aliphatic heterocycles. The minimum Gasteiger partial charge on any atom is -0.459 e. The summed E-state index contributed by atoms with van der Waals surface area (Å²) in [5.74, 6) is -1.10. The summed E-state index contributed by atoms with van der Waals surface area (Å²) in [4.78, 5) is 41.2. The van der Waals surface area contributed by atoms with Crippen molar-refractivity contribution in [2.24, 2.45) is 0 Å². The maximum absolute atomic E-state index is 13.7. The molecular weight excluding hydrogens is 466 g/mol. The van der Waals surface area contributed by atoms with E-state index in [2.05, 4.69) is 10.6 Å². The summed E-state index contributed by atoms with van der Waals surface area (Å²) in [5, 5.41) is 6.27. The molecule has 35 heavy (non-hydrogen) atoms. The van der Waals surface area contributed by atoms with Gasteiger partial charge in [-0.1, -0.05) is 54.8 Å². The summed E-state index contributed by atoms with van der Waals surface area (Å²) in [6.45, 7) is 1.57. The fourth-order valence-corrected chi connectivity index (χ4v) is 4.53. The molecule has 0 radical (unpaired) electrons. The van der Waals surface area contributed by atoms with Gasteiger partial charge in [0.25, 0.3) is 5.91 Å². The molecule has 0 saturated heterocycles. The topological polar surface area (TPSA) is 91.7 Å². The third-order valence-corrected chi connectivity index (χ3v) is 6.43. The molecule has 3 amide bonds. The van der Waals surface area contributed by atoms with Crippen molar-refractivity contribution in [3.8, 4) is 0 Å². The molecule has 182 valence electrons. The normalized spacial score (nSPS) is 14.3. The standard InChI is InChI=1S/C27H28ClN3O4/c1-18-7-2-5-10-22(18)31(24(32)17-29-26(33)23-11-6-16-35-23)25(19-12-14-20(28)15-13-19)27(34)30-21-8-3-4-9-21/h2,5-7,10-16,21,25H,3-4,8-9,17H2,1H3,(H,29,33)(H,30,34)/t25-/m0/s1. The van der Waals surface area contributed by atoms with Crippen molar-refractivity contribution >= 4 is 35.0 Å². The van der Waals surface area contributed by atoms with Crippen molar-refractivity contribution in [2.45, 2.75) is 44.7 Å². The summed E-state index contributed by atoms with van der Waals surface area (Å²) in [6.07, 6.45) is 5.35. The number of carbonyl (C=O) groups excluding carboxylic acids is 3. The predicted molar refractivity (Wildman–Crippen MR) is 134 cm³/mol. The molecule has 1 fully saturated rings. The molecule has 1 heterocycles. The highest BCUT2D eigenvalue weighted by molar-refractivity contribution is 6.30. The van der Waals surface area contributed by atoms with Crippen LogP contribution < -0.4 is 15.5 Å². The van der Waals surface area contributed by atoms with Crippen LogP contribution in [0.3, 0.4) is 0 Å². The van der Waals surface area contributed by atoms with Gasteiger partial charge in [0.2, 0.25) is 11.8 Å². The smallest absolute Gasteiger partial charge is 0.287 e. The molecule has 3 aromatic rings. The van der Waals surface area contributed by atoms with Crippen LogP contribution in [0.15, 0.2) is 71.3 Å². The molecule has 0 unspecified atom stereocenters. The lowest BCUT2D eigenvalue weighted by Gasteiger charge is -2.33. The van der Waals surface area contributed by atoms with Crippen LogP contribution >= 0.6 is 11.6 Å². The molecule has 2 N–H and O–H groups in total. The molecule has 1 aliphatic carbocycles. The van der Waals surface area contributed by atoms with Gasteiger partial charge in [0.1, 0.15) is 6.04 Å². The number of anilines is 1. The van der Waals surface area contributed by atoms with Gasteiger partial charge in [0.15, 0.2) is 5.76 Å². The number of aryl methyl sites for hydroxylation is 1. The summed E-state index contributed by atoms with van der Waals surface area (Å²) in [6, 6.07) is 16.5. The van der Waals surface area contributed by atoms with Crippen LogP contribution in [-0.4, -0.2) is 30.3 Å². The largest absolute Gasteiger partial charge is 0.459 e. The third kappa shape index (κ3) is 5.92. The molecule has 7 nitrogen and oxygen atoms in total. The van der Waals surface area contributed by atoms with Crippen molar-refractivity contribution < 1.29 is 18.8 Å². The number of benzene rings is 2. The number of hydrogen-bond acceptors (Lipinski definition) is 4. The fraction of sp³-hybridized carbons (Fsp3) is 0.296. The highest BCUT2D eigenvalue weighted by Crippen LogP contribution is 2.32. The van der Waals surface area contributed by atoms with E-state index in [0.717, 1.165) is 31.2 Å². The van der Waals surface area contributed by atoms with E-state index < -0.39 is 17.9 Å². The monoisotopic (exact) mass is 493 g/mol. The van der Waals surface area contributed by atoms with E-state index in [1.54, 1.807) is 36.4 Å². The Morgan fingerprint density at radius 1 is 1.03 bits per heavy atom. The number of para-hydroxylation sites is 1. The molecule has 1 atom stereocenters. The molecule has 1 aromatic heterocycles. The van der Waals surface area contributed by atoms with Crippen molar-refractivity contribution in [1.29, 1.82) is 0 Å². The second-order valence-electron chi connectivity index (χ2n) is 8.65. The van der Waals surface area contributed by atoms with Crippen LogP contribution in [-0.2, 0) is 9.59 Å². The van der Waals surface area contributed by atoms with E-state index in [9.17, 15) is 14.4 Å². The quantitative estimate of drug-likeness (QED) is 0.471. The van der Waals surface area contributed by atoms with Gasteiger partial charge in [-0.15, -0.1) is 0 Å². The molecule has 1 saturated carbocycles. The van der Waals surface area contributed by atoms with E-state index in [1.165, 1.54) is 17.2 Å². The van der Waals surface area contributed by atoms with Crippen LogP contribution in [0, 0.1) is 6.92 Å². The number of rotatable bonds is 8. The number of amides is 3. The number of nitrogens with one attached hydrogen (secondary N) is 2. The van der Waals surface area contributed by atoms with Crippen molar-refractivity contribution in [1.82, 2.24) is 10.6 Å². The maximum atomic E-state index is 13.7. The van der Waals surface area contributed by atoms with Crippen LogP contribution in [0.1, 0.15) is 53.4 Å². The number of carbonyl (C=O) groups is 3. The van der Waals surface area contributed by atoms with Gasteiger partial charge in [0.05, 0.1) is 12.8 Å². The third-order valence-electron chi connectivity index (χ3n) is 6.18. The van der Waals surface area contributed by atoms with E-state index in [1.807, 2.05) is 25.1 Å². The zero-order valence-electron chi connectivity index (χ0n) is 19.5. The Morgan fingerprint density at radius 3 is 2.40 bits per heavy atom. The van der Waals surface area contributed by atoms with Crippen molar-refractivity contribution in [3.63, 3.8) is 0 Å². The molecule has 1 aliphatic rings. The zero-order chi connectivity index (χ0) is 24.8. The minimum atomic E-state index is -0.943. The first-order valence-corrected chi connectivity index (χ1v) is 12.1. The van der Waals surface area contributed by atoms with Crippen LogP contribution in [0.4, 0.5) is 5.69 Å². The maximum Gasteiger partial charge on any atom is 0.287 e. The first-order chi connectivity index (χ1) is 16.9. The first-order valence-electron chi connectivity index (χ1n) is 11.7. The Bertz CT molecular complexity index is 1170. The van der Waals surface area contributed by atoms with Gasteiger partial charge in [-0.25, -0.2) is 0 Å². The van der Waals surface area contributed by atoms with E-state index in [-0.39, 0.29) is 24.3 Å². The highest BCUT2D eigenvalue weighted by atomic mass is 35.5. The van der Waals surface area contributed by atoms with Gasteiger partial charge >= 0.3 is 0 Å². The lowest BCUT2D eigenvalue weighted by Crippen LogP contribution is -2.49. The second-order valence-corrected chi connectivity index (χ2v) is 9.09. The van der Waals surface area contributed by atoms with Crippen LogP contribution in [0.5, 0.6) is 0 Å². The summed E-state index contributed by atoms with van der Waals surface area (Å²) >= 11 is 6.11. The van der Waals surface area contributed by atoms with Gasteiger partial charge < -0.3 is 15.1 Å². The van der Waals surface area contributed by atoms with Crippen molar-refractivity contribution in [2.75, 3.05) is 11.4 Å². The number of halogens is 1. The van der Waals surface area contributed by atoms with E-state index in [0.29, 0.717) is 16.3 Å².